The van der Waals surface area contributed by atoms with Gasteiger partial charge in [0.15, 0.2) is 5.82 Å². The van der Waals surface area contributed by atoms with E-state index >= 15 is 0 Å². The third-order valence-corrected chi connectivity index (χ3v) is 2.82. The molecule has 7 nitrogen and oxygen atoms in total. The second-order valence-electron chi connectivity index (χ2n) is 4.74. The fourth-order valence-electron chi connectivity index (χ4n) is 1.67. The molecule has 7 heteroatoms. The SMILES string of the molecule is Cc1cc(NC(=O)[C@@H](C)NC(=O)OCc2ccccc2)no1. The summed E-state index contributed by atoms with van der Waals surface area (Å²) in [4.78, 5) is 23.5. The van der Waals surface area contributed by atoms with Crippen LogP contribution in [0, 0.1) is 6.92 Å². The average Bonchev–Trinajstić information content (AvgIpc) is 2.91. The third kappa shape index (κ3) is 4.62. The molecular formula is C15H17N3O4. The molecule has 0 unspecified atom stereocenters. The average molecular weight is 303 g/mol. The summed E-state index contributed by atoms with van der Waals surface area (Å²) < 4.78 is 9.88. The summed E-state index contributed by atoms with van der Waals surface area (Å²) in [6.07, 6.45) is -0.664. The van der Waals surface area contributed by atoms with Gasteiger partial charge in [0.05, 0.1) is 0 Å². The zero-order chi connectivity index (χ0) is 15.9. The molecule has 0 radical (unpaired) electrons. The third-order valence-electron chi connectivity index (χ3n) is 2.82. The fourth-order valence-corrected chi connectivity index (χ4v) is 1.67. The van der Waals surface area contributed by atoms with E-state index in [1.165, 1.54) is 0 Å². The number of carbonyl (C=O) groups excluding carboxylic acids is 2. The molecule has 0 spiro atoms. The molecule has 1 aromatic carbocycles. The molecule has 1 heterocycles. The molecule has 0 bridgehead atoms. The smallest absolute Gasteiger partial charge is 0.408 e. The minimum Gasteiger partial charge on any atom is -0.445 e. The maximum Gasteiger partial charge on any atom is 0.408 e. The summed E-state index contributed by atoms with van der Waals surface area (Å²) in [6, 6.07) is 10.1. The number of anilines is 1. The standard InChI is InChI=1S/C15H17N3O4/c1-10-8-13(18-22-10)17-14(19)11(2)16-15(20)21-9-12-6-4-3-5-7-12/h3-8,11H,9H2,1-2H3,(H,16,20)(H,17,18,19)/t11-/m1/s1. The number of alkyl carbamates (subject to hydrolysis) is 1. The topological polar surface area (TPSA) is 93.5 Å². The summed E-state index contributed by atoms with van der Waals surface area (Å²) in [5.41, 5.74) is 0.868. The normalized spacial score (nSPS) is 11.5. The summed E-state index contributed by atoms with van der Waals surface area (Å²) in [5.74, 6) is 0.469. The maximum atomic E-state index is 11.9. The van der Waals surface area contributed by atoms with Crippen molar-refractivity contribution in [1.82, 2.24) is 10.5 Å². The van der Waals surface area contributed by atoms with E-state index in [0.717, 1.165) is 5.56 Å². The lowest BCUT2D eigenvalue weighted by Gasteiger charge is -2.13. The van der Waals surface area contributed by atoms with Crippen LogP contribution in [0.1, 0.15) is 18.2 Å². The Morgan fingerprint density at radius 2 is 2.05 bits per heavy atom. The van der Waals surface area contributed by atoms with Crippen molar-refractivity contribution in [1.29, 1.82) is 0 Å². The zero-order valence-corrected chi connectivity index (χ0v) is 12.3. The number of benzene rings is 1. The van der Waals surface area contributed by atoms with Crippen LogP contribution in [-0.2, 0) is 16.1 Å². The van der Waals surface area contributed by atoms with Gasteiger partial charge in [-0.05, 0) is 19.4 Å². The summed E-state index contributed by atoms with van der Waals surface area (Å²) >= 11 is 0. The minimum atomic E-state index is -0.764. The zero-order valence-electron chi connectivity index (χ0n) is 12.3. The Morgan fingerprint density at radius 1 is 1.32 bits per heavy atom. The number of rotatable bonds is 5. The van der Waals surface area contributed by atoms with Gasteiger partial charge in [0, 0.05) is 6.07 Å². The van der Waals surface area contributed by atoms with Gasteiger partial charge in [-0.2, -0.15) is 0 Å². The molecule has 1 aromatic heterocycles. The van der Waals surface area contributed by atoms with Crippen molar-refractivity contribution in [2.45, 2.75) is 26.5 Å². The molecule has 116 valence electrons. The van der Waals surface area contributed by atoms with Crippen molar-refractivity contribution >= 4 is 17.8 Å². The van der Waals surface area contributed by atoms with Crippen LogP contribution < -0.4 is 10.6 Å². The fraction of sp³-hybridized carbons (Fsp3) is 0.267. The van der Waals surface area contributed by atoms with Crippen LogP contribution in [0.15, 0.2) is 40.9 Å². The lowest BCUT2D eigenvalue weighted by molar-refractivity contribution is -0.117. The predicted octanol–water partition coefficient (Wildman–Crippen LogP) is 2.24. The van der Waals surface area contributed by atoms with E-state index in [9.17, 15) is 9.59 Å². The molecule has 2 aromatic rings. The van der Waals surface area contributed by atoms with Crippen LogP contribution in [0.2, 0.25) is 0 Å². The van der Waals surface area contributed by atoms with E-state index in [0.29, 0.717) is 11.6 Å². The van der Waals surface area contributed by atoms with E-state index in [1.54, 1.807) is 19.9 Å². The van der Waals surface area contributed by atoms with Crippen LogP contribution in [0.25, 0.3) is 0 Å². The summed E-state index contributed by atoms with van der Waals surface area (Å²) in [6.45, 7) is 3.40. The molecule has 0 aliphatic rings. The Morgan fingerprint density at radius 3 is 2.68 bits per heavy atom. The first-order valence-corrected chi connectivity index (χ1v) is 6.76. The molecule has 0 fully saturated rings. The van der Waals surface area contributed by atoms with Crippen LogP contribution >= 0.6 is 0 Å². The Kier molecular flexibility index (Phi) is 5.13. The van der Waals surface area contributed by atoms with E-state index in [-0.39, 0.29) is 6.61 Å². The van der Waals surface area contributed by atoms with Crippen molar-refractivity contribution < 1.29 is 18.8 Å². The van der Waals surface area contributed by atoms with Gasteiger partial charge >= 0.3 is 6.09 Å². The number of amides is 2. The molecule has 22 heavy (non-hydrogen) atoms. The van der Waals surface area contributed by atoms with Crippen LogP contribution in [0.5, 0.6) is 0 Å². The molecule has 0 saturated heterocycles. The van der Waals surface area contributed by atoms with Crippen molar-refractivity contribution in [3.63, 3.8) is 0 Å². The highest BCUT2D eigenvalue weighted by Gasteiger charge is 2.17. The maximum absolute atomic E-state index is 11.9. The molecule has 0 aliphatic heterocycles. The highest BCUT2D eigenvalue weighted by Crippen LogP contribution is 2.07. The van der Waals surface area contributed by atoms with Crippen molar-refractivity contribution in [2.24, 2.45) is 0 Å². The molecule has 2 amide bonds. The van der Waals surface area contributed by atoms with Gasteiger partial charge in [0.2, 0.25) is 5.91 Å². The Labute approximate surface area is 127 Å². The summed E-state index contributed by atoms with van der Waals surface area (Å²) in [5, 5.41) is 8.62. The molecule has 0 aliphatic carbocycles. The number of nitrogens with zero attached hydrogens (tertiary/aromatic N) is 1. The first-order chi connectivity index (χ1) is 10.5. The number of aryl methyl sites for hydroxylation is 1. The van der Waals surface area contributed by atoms with E-state index in [4.69, 9.17) is 9.26 Å². The number of ether oxygens (including phenoxy) is 1. The van der Waals surface area contributed by atoms with Gasteiger partial charge in [0.25, 0.3) is 0 Å². The highest BCUT2D eigenvalue weighted by atomic mass is 16.5. The molecular weight excluding hydrogens is 286 g/mol. The van der Waals surface area contributed by atoms with Crippen LogP contribution in [-0.4, -0.2) is 23.2 Å². The Bertz CT molecular complexity index is 639. The van der Waals surface area contributed by atoms with Gasteiger partial charge in [0.1, 0.15) is 18.4 Å². The number of hydrogen-bond donors (Lipinski definition) is 2. The van der Waals surface area contributed by atoms with E-state index < -0.39 is 18.0 Å². The lowest BCUT2D eigenvalue weighted by atomic mass is 10.2. The van der Waals surface area contributed by atoms with E-state index in [1.807, 2.05) is 30.3 Å². The first kappa shape index (κ1) is 15.6. The highest BCUT2D eigenvalue weighted by molar-refractivity contribution is 5.95. The quantitative estimate of drug-likeness (QED) is 0.883. The van der Waals surface area contributed by atoms with Crippen molar-refractivity contribution in [3.05, 3.63) is 47.7 Å². The van der Waals surface area contributed by atoms with Gasteiger partial charge < -0.3 is 19.9 Å². The monoisotopic (exact) mass is 303 g/mol. The predicted molar refractivity (Wildman–Crippen MR) is 79.1 cm³/mol. The lowest BCUT2D eigenvalue weighted by Crippen LogP contribution is -2.41. The number of hydrogen-bond acceptors (Lipinski definition) is 5. The van der Waals surface area contributed by atoms with Crippen molar-refractivity contribution in [2.75, 3.05) is 5.32 Å². The number of carbonyl (C=O) groups is 2. The van der Waals surface area contributed by atoms with E-state index in [2.05, 4.69) is 15.8 Å². The van der Waals surface area contributed by atoms with Crippen molar-refractivity contribution in [3.8, 4) is 0 Å². The Hall–Kier alpha value is -2.83. The molecule has 0 saturated carbocycles. The number of nitrogens with one attached hydrogen (secondary N) is 2. The minimum absolute atomic E-state index is 0.142. The van der Waals surface area contributed by atoms with Gasteiger partial charge in [-0.3, -0.25) is 4.79 Å². The van der Waals surface area contributed by atoms with Gasteiger partial charge in [-0.1, -0.05) is 35.5 Å². The Balaban J connectivity index is 1.76. The van der Waals surface area contributed by atoms with Crippen LogP contribution in [0.3, 0.4) is 0 Å². The van der Waals surface area contributed by atoms with Crippen LogP contribution in [0.4, 0.5) is 10.6 Å². The number of aromatic nitrogens is 1. The second kappa shape index (κ2) is 7.26. The largest absolute Gasteiger partial charge is 0.445 e. The first-order valence-electron chi connectivity index (χ1n) is 6.76. The molecule has 1 atom stereocenters. The molecule has 2 N–H and O–H groups in total. The summed E-state index contributed by atoms with van der Waals surface area (Å²) in [7, 11) is 0. The van der Waals surface area contributed by atoms with Gasteiger partial charge in [-0.25, -0.2) is 4.79 Å². The van der Waals surface area contributed by atoms with Gasteiger partial charge in [-0.15, -0.1) is 0 Å². The second-order valence-corrected chi connectivity index (χ2v) is 4.74. The molecule has 2 rings (SSSR count).